The molecule has 0 N–H and O–H groups in total. The number of rotatable bonds is 50. The average Bonchev–Trinajstić information content (AvgIpc) is 3.36. The molecule has 0 aliphatic carbocycles. The van der Waals surface area contributed by atoms with Crippen LogP contribution in [-0.4, -0.2) is 37.2 Å². The van der Waals surface area contributed by atoms with Crippen molar-refractivity contribution in [2.24, 2.45) is 0 Å². The van der Waals surface area contributed by atoms with Crippen LogP contribution in [0.2, 0.25) is 0 Å². The molecule has 0 aliphatic heterocycles. The third kappa shape index (κ3) is 54.7. The lowest BCUT2D eigenvalue weighted by atomic mass is 10.1. The van der Waals surface area contributed by atoms with Crippen LogP contribution >= 0.6 is 0 Å². The molecule has 396 valence electrons. The van der Waals surface area contributed by atoms with E-state index in [0.29, 0.717) is 19.3 Å². The van der Waals surface area contributed by atoms with Gasteiger partial charge in [-0.1, -0.05) is 232 Å². The molecular weight excluding hydrogens is 865 g/mol. The average molecular weight is 970 g/mol. The number of ether oxygens (including phenoxy) is 3. The summed E-state index contributed by atoms with van der Waals surface area (Å²) < 4.78 is 16.7. The van der Waals surface area contributed by atoms with Crippen LogP contribution < -0.4 is 0 Å². The second kappa shape index (κ2) is 57.4. The molecule has 0 rings (SSSR count). The van der Waals surface area contributed by atoms with Crippen molar-refractivity contribution >= 4 is 17.9 Å². The molecular formula is C64H104O6. The van der Waals surface area contributed by atoms with Crippen LogP contribution in [0.5, 0.6) is 0 Å². The van der Waals surface area contributed by atoms with Crippen LogP contribution in [-0.2, 0) is 28.6 Å². The van der Waals surface area contributed by atoms with Crippen molar-refractivity contribution in [1.82, 2.24) is 0 Å². The van der Waals surface area contributed by atoms with E-state index in [-0.39, 0.29) is 44.0 Å². The molecule has 70 heavy (non-hydrogen) atoms. The van der Waals surface area contributed by atoms with Crippen LogP contribution in [0.15, 0.2) is 122 Å². The molecule has 0 saturated carbocycles. The van der Waals surface area contributed by atoms with E-state index in [4.69, 9.17) is 14.2 Å². The lowest BCUT2D eigenvalue weighted by Gasteiger charge is -2.18. The maximum Gasteiger partial charge on any atom is 0.306 e. The molecule has 0 aromatic heterocycles. The van der Waals surface area contributed by atoms with Crippen LogP contribution in [0.25, 0.3) is 0 Å². The summed E-state index contributed by atoms with van der Waals surface area (Å²) in [5.74, 6) is -1.08. The summed E-state index contributed by atoms with van der Waals surface area (Å²) in [5, 5.41) is 0. The number of hydrogen-bond donors (Lipinski definition) is 0. The lowest BCUT2D eigenvalue weighted by molar-refractivity contribution is -0.166. The summed E-state index contributed by atoms with van der Waals surface area (Å²) in [7, 11) is 0. The van der Waals surface area contributed by atoms with E-state index in [1.807, 2.05) is 12.2 Å². The Hall–Kier alpha value is -4.19. The second-order valence-electron chi connectivity index (χ2n) is 18.5. The Labute approximate surface area is 431 Å². The van der Waals surface area contributed by atoms with Gasteiger partial charge in [-0.05, 0) is 116 Å². The van der Waals surface area contributed by atoms with Gasteiger partial charge in [0.2, 0.25) is 0 Å². The Morgan fingerprint density at radius 1 is 0.300 bits per heavy atom. The monoisotopic (exact) mass is 969 g/mol. The summed E-state index contributed by atoms with van der Waals surface area (Å²) >= 11 is 0. The Balaban J connectivity index is 4.57. The molecule has 6 heteroatoms. The highest BCUT2D eigenvalue weighted by atomic mass is 16.6. The Morgan fingerprint density at radius 2 is 0.600 bits per heavy atom. The molecule has 1 unspecified atom stereocenters. The minimum absolute atomic E-state index is 0.128. The summed E-state index contributed by atoms with van der Waals surface area (Å²) in [6.07, 6.45) is 79.2. The predicted molar refractivity (Wildman–Crippen MR) is 302 cm³/mol. The fourth-order valence-electron chi connectivity index (χ4n) is 7.42. The van der Waals surface area contributed by atoms with Gasteiger partial charge >= 0.3 is 17.9 Å². The molecule has 0 aromatic carbocycles. The SMILES string of the molecule is CC/C=C\C/C=C\C/C=C\C/C=C\C/C=C\CCC(=O)OCC(COC(=O)CCCCCCCCC/C=C\CCCCCCCCCC)OC(=O)CCC/C=C\C/C=C\C/C=C\C/C=C\CCCCC. The summed E-state index contributed by atoms with van der Waals surface area (Å²) in [6, 6.07) is 0. The molecule has 0 bridgehead atoms. The van der Waals surface area contributed by atoms with Crippen LogP contribution in [0.4, 0.5) is 0 Å². The molecule has 0 aliphatic rings. The zero-order chi connectivity index (χ0) is 50.7. The van der Waals surface area contributed by atoms with E-state index < -0.39 is 6.10 Å². The molecule has 1 atom stereocenters. The van der Waals surface area contributed by atoms with Gasteiger partial charge in [-0.25, -0.2) is 0 Å². The molecule has 0 heterocycles. The number of esters is 3. The summed E-state index contributed by atoms with van der Waals surface area (Å²) in [6.45, 7) is 6.38. The van der Waals surface area contributed by atoms with Crippen molar-refractivity contribution in [2.75, 3.05) is 13.2 Å². The van der Waals surface area contributed by atoms with Gasteiger partial charge in [0.05, 0.1) is 0 Å². The highest BCUT2D eigenvalue weighted by molar-refractivity contribution is 5.71. The first-order chi connectivity index (χ1) is 34.5. The van der Waals surface area contributed by atoms with Crippen LogP contribution in [0.3, 0.4) is 0 Å². The van der Waals surface area contributed by atoms with Gasteiger partial charge in [-0.2, -0.15) is 0 Å². The molecule has 6 nitrogen and oxygen atoms in total. The number of carbonyl (C=O) groups excluding carboxylic acids is 3. The lowest BCUT2D eigenvalue weighted by Crippen LogP contribution is -2.30. The Morgan fingerprint density at radius 3 is 1.04 bits per heavy atom. The van der Waals surface area contributed by atoms with E-state index >= 15 is 0 Å². The quantitative estimate of drug-likeness (QED) is 0.0262. The van der Waals surface area contributed by atoms with Crippen molar-refractivity contribution in [1.29, 1.82) is 0 Å². The largest absolute Gasteiger partial charge is 0.462 e. The van der Waals surface area contributed by atoms with Gasteiger partial charge in [0.15, 0.2) is 6.10 Å². The zero-order valence-corrected chi connectivity index (χ0v) is 45.2. The van der Waals surface area contributed by atoms with E-state index in [1.165, 1.54) is 116 Å². The maximum absolute atomic E-state index is 12.8. The van der Waals surface area contributed by atoms with Crippen molar-refractivity contribution in [3.05, 3.63) is 122 Å². The van der Waals surface area contributed by atoms with E-state index in [9.17, 15) is 14.4 Å². The van der Waals surface area contributed by atoms with E-state index in [1.54, 1.807) is 0 Å². The number of hydrogen-bond acceptors (Lipinski definition) is 6. The first-order valence-corrected chi connectivity index (χ1v) is 28.5. The summed E-state index contributed by atoms with van der Waals surface area (Å²) in [5.41, 5.74) is 0. The standard InChI is InChI=1S/C64H104O6/c1-4-7-10-13-16-19-22-25-28-31-32-34-36-39-42-45-48-51-54-57-63(66)69-60-61(59-68-62(65)56-53-50-47-44-41-38-35-30-27-24-21-18-15-12-9-6-3)70-64(67)58-55-52-49-46-43-40-37-33-29-26-23-20-17-14-11-8-5-2/h9,12,17-18,20-21,26-27,29-32,37-38,40-41,46-47,49-50,61H,4-8,10-11,13-16,19,22-25,28,33-36,39,42-45,48,51-60H2,1-3H3/b12-9-,20-17-,21-18-,29-26-,30-27-,32-31-,40-37-,41-38-,49-46-,50-47-. The van der Waals surface area contributed by atoms with Crippen molar-refractivity contribution in [2.45, 2.75) is 252 Å². The normalized spacial score (nSPS) is 13.0. The molecule has 0 aromatic rings. The smallest absolute Gasteiger partial charge is 0.306 e. The van der Waals surface area contributed by atoms with Crippen LogP contribution in [0.1, 0.15) is 245 Å². The van der Waals surface area contributed by atoms with Gasteiger partial charge < -0.3 is 14.2 Å². The van der Waals surface area contributed by atoms with Gasteiger partial charge in [0.25, 0.3) is 0 Å². The predicted octanol–water partition coefficient (Wildman–Crippen LogP) is 19.3. The number of unbranched alkanes of at least 4 members (excludes halogenated alkanes) is 19. The molecule has 0 amide bonds. The molecule has 0 saturated heterocycles. The first-order valence-electron chi connectivity index (χ1n) is 28.5. The third-order valence-corrected chi connectivity index (χ3v) is 11.7. The van der Waals surface area contributed by atoms with Gasteiger partial charge in [0, 0.05) is 19.3 Å². The van der Waals surface area contributed by atoms with E-state index in [2.05, 4.69) is 130 Å². The molecule has 0 fully saturated rings. The van der Waals surface area contributed by atoms with Crippen molar-refractivity contribution in [3.63, 3.8) is 0 Å². The third-order valence-electron chi connectivity index (χ3n) is 11.7. The fourth-order valence-corrected chi connectivity index (χ4v) is 7.42. The topological polar surface area (TPSA) is 78.9 Å². The van der Waals surface area contributed by atoms with Gasteiger partial charge in [-0.3, -0.25) is 14.4 Å². The fraction of sp³-hybridized carbons (Fsp3) is 0.641. The van der Waals surface area contributed by atoms with E-state index in [0.717, 1.165) is 77.0 Å². The van der Waals surface area contributed by atoms with Gasteiger partial charge in [0.1, 0.15) is 13.2 Å². The number of allylic oxidation sites excluding steroid dienone is 20. The molecule has 0 radical (unpaired) electrons. The Kier molecular flexibility index (Phi) is 54.0. The second-order valence-corrected chi connectivity index (χ2v) is 18.5. The Bertz CT molecular complexity index is 1490. The van der Waals surface area contributed by atoms with Gasteiger partial charge in [-0.15, -0.1) is 0 Å². The zero-order valence-electron chi connectivity index (χ0n) is 45.2. The van der Waals surface area contributed by atoms with Crippen molar-refractivity contribution < 1.29 is 28.6 Å². The highest BCUT2D eigenvalue weighted by Crippen LogP contribution is 2.13. The first kappa shape index (κ1) is 65.8. The highest BCUT2D eigenvalue weighted by Gasteiger charge is 2.19. The van der Waals surface area contributed by atoms with Crippen molar-refractivity contribution in [3.8, 4) is 0 Å². The minimum Gasteiger partial charge on any atom is -0.462 e. The minimum atomic E-state index is -0.842. The molecule has 0 spiro atoms. The number of carbonyl (C=O) groups is 3. The maximum atomic E-state index is 12.8. The summed E-state index contributed by atoms with van der Waals surface area (Å²) in [4.78, 5) is 38.1. The van der Waals surface area contributed by atoms with Crippen LogP contribution in [0, 0.1) is 0 Å².